The maximum atomic E-state index is 13.8. The highest BCUT2D eigenvalue weighted by Crippen LogP contribution is 2.36. The average molecular weight is 480 g/mol. The van der Waals surface area contributed by atoms with Gasteiger partial charge in [-0.05, 0) is 42.5 Å². The van der Waals surface area contributed by atoms with Crippen LogP contribution in [0.25, 0.3) is 17.0 Å². The number of anilines is 1. The van der Waals surface area contributed by atoms with E-state index in [-0.39, 0.29) is 10.4 Å². The van der Waals surface area contributed by atoms with E-state index in [1.54, 1.807) is 19.1 Å². The number of alkyl halides is 6. The van der Waals surface area contributed by atoms with Crippen LogP contribution in [0.15, 0.2) is 65.3 Å². The van der Waals surface area contributed by atoms with Crippen LogP contribution in [0, 0.1) is 6.92 Å². The normalized spacial score (nSPS) is 12.1. The number of amides is 1. The molecule has 0 aliphatic rings. The largest absolute Gasteiger partial charge is 0.441 e. The van der Waals surface area contributed by atoms with Crippen LogP contribution in [0.3, 0.4) is 0 Å². The summed E-state index contributed by atoms with van der Waals surface area (Å²) in [4.78, 5) is 16.6. The smallest absolute Gasteiger partial charge is 0.434 e. The third kappa shape index (κ3) is 4.65. The topological polar surface area (TPSA) is 73.0 Å². The van der Waals surface area contributed by atoms with Gasteiger partial charge in [-0.3, -0.25) is 4.79 Å². The number of hydrogen-bond donors (Lipinski definition) is 1. The Morgan fingerprint density at radius 2 is 1.68 bits per heavy atom. The number of carbonyl (C=O) groups excluding carboxylic acids is 1. The fourth-order valence-electron chi connectivity index (χ4n) is 3.21. The van der Waals surface area contributed by atoms with E-state index in [1.165, 1.54) is 18.3 Å². The molecule has 4 aromatic rings. The highest BCUT2D eigenvalue weighted by molar-refractivity contribution is 6.05. The summed E-state index contributed by atoms with van der Waals surface area (Å²) in [5.41, 5.74) is -3.18. The van der Waals surface area contributed by atoms with Gasteiger partial charge in [-0.25, -0.2) is 9.67 Å². The summed E-state index contributed by atoms with van der Waals surface area (Å²) in [5.74, 6) is -0.212. The molecule has 2 aromatic carbocycles. The average Bonchev–Trinajstić information content (AvgIpc) is 3.40. The number of oxazole rings is 1. The minimum Gasteiger partial charge on any atom is -0.441 e. The van der Waals surface area contributed by atoms with E-state index < -0.39 is 40.8 Å². The van der Waals surface area contributed by atoms with Crippen molar-refractivity contribution in [2.24, 2.45) is 0 Å². The highest BCUT2D eigenvalue weighted by Gasteiger charge is 2.41. The molecule has 0 unspecified atom stereocenters. The second-order valence-corrected chi connectivity index (χ2v) is 7.14. The van der Waals surface area contributed by atoms with E-state index in [0.717, 1.165) is 18.2 Å². The number of halogens is 6. The Morgan fingerprint density at radius 1 is 0.971 bits per heavy atom. The van der Waals surface area contributed by atoms with E-state index in [4.69, 9.17) is 4.42 Å². The first-order valence-electron chi connectivity index (χ1n) is 9.60. The van der Waals surface area contributed by atoms with Gasteiger partial charge in [0.05, 0.1) is 29.2 Å². The van der Waals surface area contributed by atoms with Crippen molar-refractivity contribution in [3.63, 3.8) is 0 Å². The monoisotopic (exact) mass is 480 g/mol. The predicted molar refractivity (Wildman–Crippen MR) is 108 cm³/mol. The van der Waals surface area contributed by atoms with E-state index in [2.05, 4.69) is 15.4 Å². The molecule has 12 heteroatoms. The van der Waals surface area contributed by atoms with Gasteiger partial charge in [0.1, 0.15) is 0 Å². The summed E-state index contributed by atoms with van der Waals surface area (Å²) in [6.45, 7) is 1.66. The van der Waals surface area contributed by atoms with Gasteiger partial charge in [0.2, 0.25) is 0 Å². The molecule has 2 aromatic heterocycles. The summed E-state index contributed by atoms with van der Waals surface area (Å²) in [6.07, 6.45) is -7.69. The molecule has 4 rings (SSSR count). The third-order valence-corrected chi connectivity index (χ3v) is 4.75. The Balaban J connectivity index is 1.65. The molecule has 0 bridgehead atoms. The van der Waals surface area contributed by atoms with E-state index >= 15 is 0 Å². The standard InChI is InChI=1S/C22H14F6N4O2/c1-12-29-11-18(34-12)13-5-7-15(8-6-13)31-20(33)17-10-30-32(19(17)22(26,27)28)16-4-2-3-14(9-16)21(23,24)25/h2-11H,1H3,(H,31,33). The maximum Gasteiger partial charge on any atom is 0.434 e. The summed E-state index contributed by atoms with van der Waals surface area (Å²) in [5, 5.41) is 5.88. The Morgan fingerprint density at radius 3 is 2.26 bits per heavy atom. The van der Waals surface area contributed by atoms with Crippen LogP contribution in [-0.2, 0) is 12.4 Å². The number of carbonyl (C=O) groups is 1. The molecular formula is C22H14F6N4O2. The van der Waals surface area contributed by atoms with E-state index in [9.17, 15) is 31.1 Å². The van der Waals surface area contributed by atoms with Crippen LogP contribution in [-0.4, -0.2) is 20.7 Å². The number of nitrogens with zero attached hydrogens (tertiary/aromatic N) is 3. The zero-order valence-corrected chi connectivity index (χ0v) is 17.2. The lowest BCUT2D eigenvalue weighted by Crippen LogP contribution is -2.21. The Kier molecular flexibility index (Phi) is 5.67. The molecule has 2 heterocycles. The van der Waals surface area contributed by atoms with Gasteiger partial charge < -0.3 is 9.73 Å². The number of aryl methyl sites for hydroxylation is 1. The molecule has 0 aliphatic heterocycles. The first-order chi connectivity index (χ1) is 15.9. The van der Waals surface area contributed by atoms with Gasteiger partial charge in [0.25, 0.3) is 5.91 Å². The van der Waals surface area contributed by atoms with Gasteiger partial charge in [-0.15, -0.1) is 0 Å². The molecule has 0 atom stereocenters. The molecule has 1 N–H and O–H groups in total. The Labute approximate surface area is 187 Å². The summed E-state index contributed by atoms with van der Waals surface area (Å²) < 4.78 is 86.1. The van der Waals surface area contributed by atoms with Crippen molar-refractivity contribution < 1.29 is 35.6 Å². The Bertz CT molecular complexity index is 1340. The second kappa shape index (κ2) is 8.36. The molecule has 1 amide bonds. The van der Waals surface area contributed by atoms with Crippen LogP contribution in [0.4, 0.5) is 32.0 Å². The molecular weight excluding hydrogens is 466 g/mol. The van der Waals surface area contributed by atoms with Gasteiger partial charge in [-0.1, -0.05) is 6.07 Å². The number of nitrogens with one attached hydrogen (secondary N) is 1. The zero-order valence-electron chi connectivity index (χ0n) is 17.2. The van der Waals surface area contributed by atoms with Gasteiger partial charge in [0.15, 0.2) is 17.3 Å². The lowest BCUT2D eigenvalue weighted by Gasteiger charge is -2.14. The summed E-state index contributed by atoms with van der Waals surface area (Å²) in [6, 6.07) is 9.29. The maximum absolute atomic E-state index is 13.8. The van der Waals surface area contributed by atoms with Crippen LogP contribution in [0.1, 0.15) is 27.5 Å². The Hall–Kier alpha value is -4.09. The second-order valence-electron chi connectivity index (χ2n) is 7.14. The van der Waals surface area contributed by atoms with Crippen molar-refractivity contribution in [3.8, 4) is 17.0 Å². The first kappa shape index (κ1) is 23.1. The fraction of sp³-hybridized carbons (Fsp3) is 0.136. The van der Waals surface area contributed by atoms with Crippen LogP contribution in [0.2, 0.25) is 0 Å². The van der Waals surface area contributed by atoms with Crippen molar-refractivity contribution in [2.75, 3.05) is 5.32 Å². The van der Waals surface area contributed by atoms with Crippen molar-refractivity contribution in [2.45, 2.75) is 19.3 Å². The van der Waals surface area contributed by atoms with E-state index in [1.807, 2.05) is 0 Å². The van der Waals surface area contributed by atoms with Crippen molar-refractivity contribution in [1.29, 1.82) is 0 Å². The van der Waals surface area contributed by atoms with Gasteiger partial charge >= 0.3 is 12.4 Å². The number of benzene rings is 2. The van der Waals surface area contributed by atoms with Gasteiger partial charge in [0, 0.05) is 18.2 Å². The zero-order chi connectivity index (χ0) is 24.7. The SMILES string of the molecule is Cc1ncc(-c2ccc(NC(=O)c3cnn(-c4cccc(C(F)(F)F)c4)c3C(F)(F)F)cc2)o1. The summed E-state index contributed by atoms with van der Waals surface area (Å²) in [7, 11) is 0. The predicted octanol–water partition coefficient (Wildman–Crippen LogP) is 6.13. The lowest BCUT2D eigenvalue weighted by molar-refractivity contribution is -0.143. The molecule has 0 spiro atoms. The molecule has 0 saturated heterocycles. The fourth-order valence-corrected chi connectivity index (χ4v) is 3.21. The minimum absolute atomic E-state index is 0.185. The highest BCUT2D eigenvalue weighted by atomic mass is 19.4. The van der Waals surface area contributed by atoms with Crippen LogP contribution in [0.5, 0.6) is 0 Å². The molecule has 0 radical (unpaired) electrons. The number of aromatic nitrogens is 3. The number of hydrogen-bond acceptors (Lipinski definition) is 4. The van der Waals surface area contributed by atoms with Crippen molar-refractivity contribution >= 4 is 11.6 Å². The molecule has 6 nitrogen and oxygen atoms in total. The molecule has 34 heavy (non-hydrogen) atoms. The lowest BCUT2D eigenvalue weighted by atomic mass is 10.1. The van der Waals surface area contributed by atoms with Crippen LogP contribution < -0.4 is 5.32 Å². The molecule has 0 fully saturated rings. The minimum atomic E-state index is -5.08. The summed E-state index contributed by atoms with van der Waals surface area (Å²) >= 11 is 0. The number of rotatable bonds is 4. The van der Waals surface area contributed by atoms with Crippen molar-refractivity contribution in [1.82, 2.24) is 14.8 Å². The van der Waals surface area contributed by atoms with Crippen LogP contribution >= 0.6 is 0 Å². The first-order valence-corrected chi connectivity index (χ1v) is 9.60. The van der Waals surface area contributed by atoms with Gasteiger partial charge in [-0.2, -0.15) is 31.4 Å². The molecule has 0 saturated carbocycles. The van der Waals surface area contributed by atoms with Crippen molar-refractivity contribution in [3.05, 3.63) is 83.6 Å². The third-order valence-electron chi connectivity index (χ3n) is 4.75. The quantitative estimate of drug-likeness (QED) is 0.357. The molecule has 0 aliphatic carbocycles. The van der Waals surface area contributed by atoms with E-state index in [0.29, 0.717) is 29.5 Å². The molecule has 176 valence electrons.